The summed E-state index contributed by atoms with van der Waals surface area (Å²) in [5, 5.41) is 11.0. The van der Waals surface area contributed by atoms with E-state index >= 15 is 0 Å². The van der Waals surface area contributed by atoms with Crippen LogP contribution in [-0.4, -0.2) is 42.4 Å². The van der Waals surface area contributed by atoms with Gasteiger partial charge in [0.05, 0.1) is 16.0 Å². The number of rotatable bonds is 5. The van der Waals surface area contributed by atoms with E-state index in [9.17, 15) is 34.1 Å². The van der Waals surface area contributed by atoms with E-state index in [0.717, 1.165) is 6.07 Å². The molecule has 0 aliphatic heterocycles. The molecule has 2 aromatic rings. The summed E-state index contributed by atoms with van der Waals surface area (Å²) in [6, 6.07) is 2.28. The number of non-ortho nitro benzene ring substituents is 1. The number of aromatic amines is 2. The van der Waals surface area contributed by atoms with Gasteiger partial charge in [-0.15, -0.1) is 17.0 Å². The molecule has 0 saturated heterocycles. The molecule has 1 atom stereocenters. The molecular weight excluding hydrogens is 423 g/mol. The van der Waals surface area contributed by atoms with Gasteiger partial charge in [-0.2, -0.15) is 0 Å². The quantitative estimate of drug-likeness (QED) is 0.228. The Morgan fingerprint density at radius 3 is 2.36 bits per heavy atom. The Labute approximate surface area is 150 Å². The summed E-state index contributed by atoms with van der Waals surface area (Å²) in [7, 11) is -2.97. The van der Waals surface area contributed by atoms with Gasteiger partial charge in [-0.1, -0.05) is 0 Å². The van der Waals surface area contributed by atoms with E-state index in [4.69, 9.17) is 0 Å². The van der Waals surface area contributed by atoms with Crippen molar-refractivity contribution in [1.82, 2.24) is 14.9 Å². The lowest BCUT2D eigenvalue weighted by atomic mass is 10.1. The number of nitro benzene ring substituents is 1. The highest BCUT2D eigenvalue weighted by Crippen LogP contribution is 2.42. The Morgan fingerprint density at radius 2 is 1.84 bits per heavy atom. The van der Waals surface area contributed by atoms with E-state index in [1.54, 1.807) is 0 Å². The van der Waals surface area contributed by atoms with Crippen molar-refractivity contribution in [2.75, 3.05) is 7.05 Å². The molecule has 0 amide bonds. The molecule has 0 radical (unpaired) electrons. The minimum Gasteiger partial charge on any atom is -0.323 e. The fourth-order valence-corrected chi connectivity index (χ4v) is 2.76. The first-order valence-electron chi connectivity index (χ1n) is 6.70. The Balaban J connectivity index is 0.00000312. The second-order valence-electron chi connectivity index (χ2n) is 5.33. The molecule has 4 N–H and O–H groups in total. The highest BCUT2D eigenvalue weighted by atomic mass is 79.9. The Morgan fingerprint density at radius 1 is 1.28 bits per heavy atom. The number of H-pyrrole nitrogens is 2. The monoisotopic (exact) mass is 438 g/mol. The van der Waals surface area contributed by atoms with Crippen molar-refractivity contribution in [3.8, 4) is 0 Å². The zero-order chi connectivity index (χ0) is 18.2. The molecule has 0 aliphatic carbocycles. The summed E-state index contributed by atoms with van der Waals surface area (Å²) in [6.45, 7) is 1.22. The number of hydrogen-bond acceptors (Lipinski definition) is 6. The Kier molecular flexibility index (Phi) is 6.43. The van der Waals surface area contributed by atoms with Crippen LogP contribution in [0.25, 0.3) is 11.0 Å². The topological polar surface area (TPSA) is 170 Å². The lowest BCUT2D eigenvalue weighted by Gasteiger charge is -2.25. The molecule has 0 spiro atoms. The van der Waals surface area contributed by atoms with Gasteiger partial charge in [0.15, 0.2) is 0 Å². The average Bonchev–Trinajstić information content (AvgIpc) is 2.46. The van der Waals surface area contributed by atoms with Crippen LogP contribution in [0.2, 0.25) is 0 Å². The van der Waals surface area contributed by atoms with E-state index in [0.29, 0.717) is 0 Å². The summed E-state index contributed by atoms with van der Waals surface area (Å²) in [5.74, 6) is -1.14. The number of fused-ring (bicyclic) bond motifs is 1. The molecule has 0 saturated carbocycles. The van der Waals surface area contributed by atoms with Crippen LogP contribution in [0.3, 0.4) is 0 Å². The van der Waals surface area contributed by atoms with E-state index in [1.807, 2.05) is 0 Å². The van der Waals surface area contributed by atoms with Crippen molar-refractivity contribution in [2.24, 2.45) is 0 Å². The first kappa shape index (κ1) is 21.2. The average molecular weight is 439 g/mol. The molecule has 1 aromatic heterocycles. The van der Waals surface area contributed by atoms with Crippen molar-refractivity contribution in [3.05, 3.63) is 48.5 Å². The van der Waals surface area contributed by atoms with E-state index < -0.39 is 29.4 Å². The van der Waals surface area contributed by atoms with E-state index in [2.05, 4.69) is 9.97 Å². The first-order chi connectivity index (χ1) is 11.0. The van der Waals surface area contributed by atoms with Gasteiger partial charge in [-0.25, -0.2) is 0 Å². The highest BCUT2D eigenvalue weighted by molar-refractivity contribution is 8.93. The molecule has 138 valence electrons. The molecule has 1 aromatic carbocycles. The van der Waals surface area contributed by atoms with Gasteiger partial charge in [-0.05, 0) is 19.5 Å². The second kappa shape index (κ2) is 7.58. The molecule has 0 aliphatic rings. The van der Waals surface area contributed by atoms with Crippen molar-refractivity contribution in [3.63, 3.8) is 0 Å². The number of benzene rings is 1. The van der Waals surface area contributed by atoms with Gasteiger partial charge in [-0.3, -0.25) is 29.2 Å². The van der Waals surface area contributed by atoms with Gasteiger partial charge >= 0.3 is 18.7 Å². The summed E-state index contributed by atoms with van der Waals surface area (Å²) in [4.78, 5) is 57.6. The highest BCUT2D eigenvalue weighted by Gasteiger charge is 2.28. The lowest BCUT2D eigenvalue weighted by molar-refractivity contribution is -0.384. The molecule has 2 rings (SSSR count). The third kappa shape index (κ3) is 4.61. The maximum Gasteiger partial charge on any atom is 0.342 e. The fraction of sp³-hybridized carbons (Fsp3) is 0.333. The van der Waals surface area contributed by atoms with Crippen molar-refractivity contribution in [1.29, 1.82) is 0 Å². The minimum absolute atomic E-state index is 0. The van der Waals surface area contributed by atoms with Gasteiger partial charge in [0.25, 0.3) is 5.69 Å². The normalized spacial score (nSPS) is 12.8. The fourth-order valence-electron chi connectivity index (χ4n) is 2.17. The van der Waals surface area contributed by atoms with E-state index in [1.165, 1.54) is 24.9 Å². The maximum atomic E-state index is 11.5. The smallest absolute Gasteiger partial charge is 0.323 e. The van der Waals surface area contributed by atoms with Crippen LogP contribution < -0.4 is 11.1 Å². The molecule has 0 bridgehead atoms. The van der Waals surface area contributed by atoms with Crippen LogP contribution in [0.4, 0.5) is 5.69 Å². The standard InChI is InChI=1S/C12H15N4O7P.BrH/c1-6(24(21,22)23)15(2)5-7-3-8(16(19)20)4-9-10(7)14-12(18)11(17)13-9;/h3-4,6H,5H2,1-2H3,(H,13,17)(H,14,18)(H2,21,22,23);1H. The molecule has 13 heteroatoms. The SMILES string of the molecule is Br.CC(N(C)Cc1cc([N+](=O)[O-])cc2[nH]c(=O)c(=O)[nH]c12)P(=O)(O)O. The maximum absolute atomic E-state index is 11.5. The Hall–Kier alpha value is -1.85. The van der Waals surface area contributed by atoms with Gasteiger partial charge in [0, 0.05) is 18.7 Å². The molecule has 1 heterocycles. The van der Waals surface area contributed by atoms with Crippen molar-refractivity contribution >= 4 is 41.3 Å². The summed E-state index contributed by atoms with van der Waals surface area (Å²) in [6.07, 6.45) is 0. The zero-order valence-corrected chi connectivity index (χ0v) is 15.7. The van der Waals surface area contributed by atoms with Crippen LogP contribution >= 0.6 is 24.6 Å². The van der Waals surface area contributed by atoms with Crippen molar-refractivity contribution < 1.29 is 19.3 Å². The van der Waals surface area contributed by atoms with Crippen molar-refractivity contribution in [2.45, 2.75) is 19.3 Å². The van der Waals surface area contributed by atoms with Crippen LogP contribution in [0.15, 0.2) is 21.7 Å². The number of halogens is 1. The van der Waals surface area contributed by atoms with Gasteiger partial charge in [0.2, 0.25) is 0 Å². The third-order valence-electron chi connectivity index (χ3n) is 3.65. The molecule has 25 heavy (non-hydrogen) atoms. The van der Waals surface area contributed by atoms with Crippen LogP contribution in [0, 0.1) is 10.1 Å². The molecule has 11 nitrogen and oxygen atoms in total. The number of hydrogen-bond donors (Lipinski definition) is 4. The Bertz CT molecular complexity index is 966. The predicted octanol–water partition coefficient (Wildman–Crippen LogP) is 0.658. The third-order valence-corrected chi connectivity index (χ3v) is 5.02. The summed E-state index contributed by atoms with van der Waals surface area (Å²) < 4.78 is 11.3. The number of nitrogens with one attached hydrogen (secondary N) is 2. The molecular formula is C12H16BrN4O7P. The summed E-state index contributed by atoms with van der Waals surface area (Å²) >= 11 is 0. The van der Waals surface area contributed by atoms with Crippen LogP contribution in [-0.2, 0) is 11.1 Å². The lowest BCUT2D eigenvalue weighted by Crippen LogP contribution is -2.31. The number of nitrogens with zero attached hydrogens (tertiary/aromatic N) is 2. The number of aromatic nitrogens is 2. The first-order valence-corrected chi connectivity index (χ1v) is 8.38. The van der Waals surface area contributed by atoms with Gasteiger partial charge < -0.3 is 19.8 Å². The van der Waals surface area contributed by atoms with Crippen LogP contribution in [0.5, 0.6) is 0 Å². The predicted molar refractivity (Wildman–Crippen MR) is 95.1 cm³/mol. The zero-order valence-electron chi connectivity index (χ0n) is 13.1. The molecule has 1 unspecified atom stereocenters. The van der Waals surface area contributed by atoms with Gasteiger partial charge in [0.1, 0.15) is 5.78 Å². The second-order valence-corrected chi connectivity index (χ2v) is 7.25. The summed E-state index contributed by atoms with van der Waals surface area (Å²) in [5.41, 5.74) is -1.74. The largest absolute Gasteiger partial charge is 0.342 e. The molecule has 0 fully saturated rings. The minimum atomic E-state index is -4.40. The number of nitro groups is 1. The van der Waals surface area contributed by atoms with E-state index in [-0.39, 0.29) is 45.8 Å². The van der Waals surface area contributed by atoms with Crippen LogP contribution in [0.1, 0.15) is 12.5 Å².